The molecule has 2 aliphatic rings. The van der Waals surface area contributed by atoms with Gasteiger partial charge in [0.2, 0.25) is 5.91 Å². The Labute approximate surface area is 194 Å². The van der Waals surface area contributed by atoms with E-state index < -0.39 is 35.8 Å². The molecule has 4 N–H and O–H groups in total. The first-order valence-corrected chi connectivity index (χ1v) is 11.7. The van der Waals surface area contributed by atoms with Gasteiger partial charge in [-0.1, -0.05) is 18.2 Å². The summed E-state index contributed by atoms with van der Waals surface area (Å²) < 4.78 is 11.1. The van der Waals surface area contributed by atoms with E-state index in [9.17, 15) is 19.5 Å². The minimum Gasteiger partial charge on any atom is -0.480 e. The summed E-state index contributed by atoms with van der Waals surface area (Å²) in [5, 5.41) is 12.8. The number of ether oxygens (including phenoxy) is 2. The second-order valence-corrected chi connectivity index (χ2v) is 8.82. The number of esters is 1. The van der Waals surface area contributed by atoms with E-state index in [-0.39, 0.29) is 19.6 Å². The maximum atomic E-state index is 13.7. The number of aliphatic carboxylic acids is 1. The number of amides is 1. The van der Waals surface area contributed by atoms with Crippen LogP contribution in [0.1, 0.15) is 38.2 Å². The highest BCUT2D eigenvalue weighted by atomic mass is 16.5. The molecule has 1 saturated heterocycles. The molecule has 1 fully saturated rings. The summed E-state index contributed by atoms with van der Waals surface area (Å²) in [6.45, 7) is 3.70. The number of nitrogens with two attached hydrogens (primary N) is 1. The number of hydrogen-bond acceptors (Lipinski definition) is 7. The highest BCUT2D eigenvalue weighted by Crippen LogP contribution is 2.34. The first kappa shape index (κ1) is 25.1. The zero-order chi connectivity index (χ0) is 23.8. The van der Waals surface area contributed by atoms with Crippen molar-refractivity contribution < 1.29 is 29.0 Å². The Hall–Kier alpha value is -2.49. The Kier molecular flexibility index (Phi) is 8.82. The van der Waals surface area contributed by atoms with Gasteiger partial charge in [-0.2, -0.15) is 0 Å². The molecule has 0 spiro atoms. The van der Waals surface area contributed by atoms with E-state index in [0.29, 0.717) is 24.6 Å². The molecule has 1 aromatic rings. The molecule has 3 rings (SSSR count). The third-order valence-corrected chi connectivity index (χ3v) is 6.63. The topological polar surface area (TPSA) is 131 Å². The Balaban J connectivity index is 1.80. The highest BCUT2D eigenvalue weighted by Gasteiger charge is 2.50. The number of carbonyl (C=O) groups excluding carboxylic acids is 2. The van der Waals surface area contributed by atoms with Crippen LogP contribution >= 0.6 is 0 Å². The zero-order valence-electron chi connectivity index (χ0n) is 19.3. The first-order chi connectivity index (χ1) is 15.9. The number of anilines is 1. The Morgan fingerprint density at radius 2 is 2.03 bits per heavy atom. The number of aryl methyl sites for hydroxylation is 1. The number of fused-ring (bicyclic) bond motifs is 1. The second-order valence-electron chi connectivity index (χ2n) is 8.82. The Morgan fingerprint density at radius 1 is 1.30 bits per heavy atom. The van der Waals surface area contributed by atoms with Crippen LogP contribution in [-0.2, 0) is 30.3 Å². The van der Waals surface area contributed by atoms with Gasteiger partial charge in [0.15, 0.2) is 0 Å². The van der Waals surface area contributed by atoms with Crippen LogP contribution in [-0.4, -0.2) is 67.9 Å². The maximum Gasteiger partial charge on any atom is 0.323 e. The average Bonchev–Trinajstić information content (AvgIpc) is 2.90. The van der Waals surface area contributed by atoms with Gasteiger partial charge in [0.05, 0.1) is 13.2 Å². The number of nitrogens with one attached hydrogen (secondary N) is 1. The van der Waals surface area contributed by atoms with Crippen molar-refractivity contribution in [3.63, 3.8) is 0 Å². The summed E-state index contributed by atoms with van der Waals surface area (Å²) in [4.78, 5) is 39.3. The third-order valence-electron chi connectivity index (χ3n) is 6.63. The second kappa shape index (κ2) is 11.6. The van der Waals surface area contributed by atoms with Crippen LogP contribution in [0, 0.1) is 11.8 Å². The zero-order valence-corrected chi connectivity index (χ0v) is 19.3. The smallest absolute Gasteiger partial charge is 0.323 e. The molecule has 0 unspecified atom stereocenters. The number of benzene rings is 1. The fourth-order valence-corrected chi connectivity index (χ4v) is 4.70. The maximum absolute atomic E-state index is 13.7. The summed E-state index contributed by atoms with van der Waals surface area (Å²) in [5.74, 6) is -2.83. The summed E-state index contributed by atoms with van der Waals surface area (Å²) in [6.07, 6.45) is 3.66. The van der Waals surface area contributed by atoms with Crippen molar-refractivity contribution in [2.45, 2.75) is 44.6 Å². The molecule has 9 heteroatoms. The molecule has 2 atom stereocenters. The lowest BCUT2D eigenvalue weighted by Gasteiger charge is -2.36. The summed E-state index contributed by atoms with van der Waals surface area (Å²) in [7, 11) is 0. The van der Waals surface area contributed by atoms with Gasteiger partial charge in [0.1, 0.15) is 18.0 Å². The summed E-state index contributed by atoms with van der Waals surface area (Å²) >= 11 is 0. The largest absolute Gasteiger partial charge is 0.480 e. The van der Waals surface area contributed by atoms with Crippen LogP contribution in [0.15, 0.2) is 24.3 Å². The van der Waals surface area contributed by atoms with Crippen LogP contribution in [0.4, 0.5) is 5.69 Å². The number of carboxylic acid groups (broad SMARTS) is 1. The first-order valence-electron chi connectivity index (χ1n) is 11.7. The summed E-state index contributed by atoms with van der Waals surface area (Å²) in [5.41, 5.74) is 6.35. The summed E-state index contributed by atoms with van der Waals surface area (Å²) in [6, 6.07) is 7.13. The number of para-hydroxylation sites is 1. The molecule has 0 aromatic heterocycles. The number of hydrogen-bond donors (Lipinski definition) is 3. The predicted molar refractivity (Wildman–Crippen MR) is 123 cm³/mol. The van der Waals surface area contributed by atoms with Crippen LogP contribution in [0.3, 0.4) is 0 Å². The molecular formula is C24H35N3O6. The van der Waals surface area contributed by atoms with Gasteiger partial charge in [-0.25, -0.2) is 0 Å². The van der Waals surface area contributed by atoms with Gasteiger partial charge in [-0.15, -0.1) is 0 Å². The fraction of sp³-hybridized carbons (Fsp3) is 0.625. The van der Waals surface area contributed by atoms with Crippen LogP contribution < -0.4 is 16.0 Å². The Morgan fingerprint density at radius 3 is 2.73 bits per heavy atom. The van der Waals surface area contributed by atoms with Crippen molar-refractivity contribution in [3.8, 4) is 0 Å². The van der Waals surface area contributed by atoms with E-state index in [0.717, 1.165) is 37.9 Å². The van der Waals surface area contributed by atoms with Crippen molar-refractivity contribution >= 4 is 23.5 Å². The molecule has 0 saturated carbocycles. The lowest BCUT2D eigenvalue weighted by Crippen LogP contribution is -2.63. The minimum atomic E-state index is -1.64. The fourth-order valence-electron chi connectivity index (χ4n) is 4.70. The van der Waals surface area contributed by atoms with Crippen molar-refractivity contribution in [1.29, 1.82) is 0 Å². The van der Waals surface area contributed by atoms with Crippen molar-refractivity contribution in [2.75, 3.05) is 44.4 Å². The van der Waals surface area contributed by atoms with E-state index >= 15 is 0 Å². The van der Waals surface area contributed by atoms with Crippen molar-refractivity contribution in [1.82, 2.24) is 5.32 Å². The molecule has 1 aromatic carbocycles. The molecular weight excluding hydrogens is 426 g/mol. The molecule has 33 heavy (non-hydrogen) atoms. The number of rotatable bonds is 10. The highest BCUT2D eigenvalue weighted by molar-refractivity contribution is 6.06. The van der Waals surface area contributed by atoms with Gasteiger partial charge in [-0.05, 0) is 69.7 Å². The van der Waals surface area contributed by atoms with E-state index in [1.807, 2.05) is 12.1 Å². The molecule has 182 valence electrons. The molecule has 2 heterocycles. The molecule has 0 radical (unpaired) electrons. The molecule has 9 nitrogen and oxygen atoms in total. The number of nitrogens with zero attached hydrogens (tertiary/aromatic N) is 1. The van der Waals surface area contributed by atoms with E-state index in [2.05, 4.69) is 5.32 Å². The lowest BCUT2D eigenvalue weighted by atomic mass is 9.80. The number of carbonyl (C=O) groups is 3. The van der Waals surface area contributed by atoms with Crippen molar-refractivity contribution in [3.05, 3.63) is 29.8 Å². The van der Waals surface area contributed by atoms with Gasteiger partial charge in [-0.3, -0.25) is 19.3 Å². The third kappa shape index (κ3) is 6.10. The number of piperidine rings is 1. The van der Waals surface area contributed by atoms with E-state index in [4.69, 9.17) is 15.2 Å². The van der Waals surface area contributed by atoms with E-state index in [1.165, 1.54) is 4.90 Å². The van der Waals surface area contributed by atoms with Gasteiger partial charge in [0.25, 0.3) is 0 Å². The van der Waals surface area contributed by atoms with Gasteiger partial charge >= 0.3 is 11.9 Å². The normalized spacial score (nSPS) is 22.4. The lowest BCUT2D eigenvalue weighted by molar-refractivity contribution is -0.156. The SMILES string of the molecule is CCOC(=O)[C@H](COCCC1CCNCC1)[C@]1(N)CCc2ccccc2N(CC(=O)O)C1=O. The molecule has 1 amide bonds. The standard InChI is InChI=1S/C24H35N3O6/c1-2-33-22(30)19(16-32-14-10-17-8-12-26-13-9-17)24(25)11-7-18-5-3-4-6-20(18)27(23(24)31)15-21(28)29/h3-6,17,19,26H,2,7-16,25H2,1H3,(H,28,29)/t19-,24+/m0/s1. The number of carboxylic acids is 1. The Bertz CT molecular complexity index is 841. The van der Waals surface area contributed by atoms with Gasteiger partial charge in [0, 0.05) is 12.3 Å². The molecule has 0 bridgehead atoms. The van der Waals surface area contributed by atoms with Crippen LogP contribution in [0.2, 0.25) is 0 Å². The average molecular weight is 462 g/mol. The van der Waals surface area contributed by atoms with Crippen molar-refractivity contribution in [2.24, 2.45) is 17.6 Å². The molecule has 2 aliphatic heterocycles. The van der Waals surface area contributed by atoms with Crippen LogP contribution in [0.25, 0.3) is 0 Å². The quantitative estimate of drug-likeness (QED) is 0.351. The monoisotopic (exact) mass is 461 g/mol. The minimum absolute atomic E-state index is 0.0523. The molecule has 0 aliphatic carbocycles. The van der Waals surface area contributed by atoms with Gasteiger partial charge < -0.3 is 25.6 Å². The van der Waals surface area contributed by atoms with Crippen LogP contribution in [0.5, 0.6) is 0 Å². The van der Waals surface area contributed by atoms with E-state index in [1.54, 1.807) is 19.1 Å². The predicted octanol–water partition coefficient (Wildman–Crippen LogP) is 1.33.